The minimum Gasteiger partial charge on any atom is -0.497 e. The molecule has 0 saturated carbocycles. The molecule has 41 heavy (non-hydrogen) atoms. The fourth-order valence-electron chi connectivity index (χ4n) is 4.50. The summed E-state index contributed by atoms with van der Waals surface area (Å²) in [6.07, 6.45) is 2.09. The second kappa shape index (κ2) is 13.9. The lowest BCUT2D eigenvalue weighted by molar-refractivity contribution is -0.126. The Morgan fingerprint density at radius 3 is 2.39 bits per heavy atom. The van der Waals surface area contributed by atoms with Crippen LogP contribution in [-0.2, 0) is 21.0 Å². The number of rotatable bonds is 11. The van der Waals surface area contributed by atoms with Crippen LogP contribution < -0.4 is 14.8 Å². The van der Waals surface area contributed by atoms with Crippen LogP contribution in [0, 0.1) is 0 Å². The highest BCUT2D eigenvalue weighted by molar-refractivity contribution is 6.08. The fraction of sp³-hybridized carbons (Fsp3) is 0.250. The molecule has 3 aromatic rings. The molecule has 3 aromatic carbocycles. The third-order valence-electron chi connectivity index (χ3n) is 6.56. The second-order valence-corrected chi connectivity index (χ2v) is 9.39. The van der Waals surface area contributed by atoms with Crippen molar-refractivity contribution in [3.05, 3.63) is 95.3 Å². The van der Waals surface area contributed by atoms with E-state index in [1.54, 1.807) is 36.3 Å². The van der Waals surface area contributed by atoms with Gasteiger partial charge >= 0.3 is 0 Å². The van der Waals surface area contributed by atoms with Gasteiger partial charge in [-0.1, -0.05) is 60.6 Å². The average Bonchev–Trinajstić information content (AvgIpc) is 3.10. The monoisotopic (exact) mass is 554 g/mol. The lowest BCUT2D eigenvalue weighted by Crippen LogP contribution is -2.37. The number of amides is 2. The van der Waals surface area contributed by atoms with Crippen molar-refractivity contribution in [3.63, 3.8) is 0 Å². The van der Waals surface area contributed by atoms with Crippen molar-refractivity contribution in [2.45, 2.75) is 33.2 Å². The zero-order valence-electron chi connectivity index (χ0n) is 23.7. The molecule has 0 fully saturated rings. The Hall–Kier alpha value is -4.92. The van der Waals surface area contributed by atoms with Gasteiger partial charge in [-0.25, -0.2) is 0 Å². The molecule has 0 spiro atoms. The van der Waals surface area contributed by atoms with E-state index in [4.69, 9.17) is 19.3 Å². The molecule has 1 aliphatic heterocycles. The number of aliphatic imine (C=N–C) groups is 1. The zero-order chi connectivity index (χ0) is 29.2. The van der Waals surface area contributed by atoms with Gasteiger partial charge in [0.05, 0.1) is 20.2 Å². The van der Waals surface area contributed by atoms with Gasteiger partial charge in [-0.15, -0.1) is 0 Å². The summed E-state index contributed by atoms with van der Waals surface area (Å²) < 4.78 is 11.3. The van der Waals surface area contributed by atoms with E-state index in [1.807, 2.05) is 55.5 Å². The molecule has 0 radical (unpaired) electrons. The van der Waals surface area contributed by atoms with Gasteiger partial charge in [-0.05, 0) is 59.9 Å². The quantitative estimate of drug-likeness (QED) is 0.150. The van der Waals surface area contributed by atoms with Crippen molar-refractivity contribution in [2.24, 2.45) is 10.1 Å². The molecule has 0 unspecified atom stereocenters. The second-order valence-electron chi connectivity index (χ2n) is 9.39. The van der Waals surface area contributed by atoms with E-state index < -0.39 is 0 Å². The van der Waals surface area contributed by atoms with Gasteiger partial charge in [0.1, 0.15) is 24.4 Å². The predicted octanol–water partition coefficient (Wildman–Crippen LogP) is 5.31. The summed E-state index contributed by atoms with van der Waals surface area (Å²) in [6.45, 7) is 4.67. The van der Waals surface area contributed by atoms with Crippen LogP contribution in [0.3, 0.4) is 0 Å². The Labute approximate surface area is 240 Å². The van der Waals surface area contributed by atoms with Crippen molar-refractivity contribution in [3.8, 4) is 22.6 Å². The highest BCUT2D eigenvalue weighted by Gasteiger charge is 2.29. The third-order valence-corrected chi connectivity index (χ3v) is 6.56. The van der Waals surface area contributed by atoms with E-state index in [1.165, 1.54) is 7.11 Å². The van der Waals surface area contributed by atoms with Crippen LogP contribution in [0.2, 0.25) is 0 Å². The van der Waals surface area contributed by atoms with Crippen molar-refractivity contribution < 1.29 is 23.9 Å². The van der Waals surface area contributed by atoms with Gasteiger partial charge in [-0.3, -0.25) is 19.5 Å². The molecule has 1 heterocycles. The summed E-state index contributed by atoms with van der Waals surface area (Å²) in [5.74, 6) is 2.36. The Kier molecular flexibility index (Phi) is 9.88. The van der Waals surface area contributed by atoms with Crippen LogP contribution in [0.15, 0.2) is 94.3 Å². The summed E-state index contributed by atoms with van der Waals surface area (Å²) in [6, 6.07) is 22.7. The van der Waals surface area contributed by atoms with Crippen molar-refractivity contribution >= 4 is 24.0 Å². The molecule has 9 heteroatoms. The van der Waals surface area contributed by atoms with Crippen LogP contribution in [-0.4, -0.2) is 49.7 Å². The Balaban J connectivity index is 1.61. The molecule has 0 bridgehead atoms. The van der Waals surface area contributed by atoms with Crippen molar-refractivity contribution in [1.29, 1.82) is 0 Å². The van der Waals surface area contributed by atoms with Gasteiger partial charge in [0.2, 0.25) is 6.41 Å². The molecule has 1 N–H and O–H groups in total. The first-order valence-corrected chi connectivity index (χ1v) is 13.4. The normalized spacial score (nSPS) is 13.9. The van der Waals surface area contributed by atoms with Gasteiger partial charge in [0.15, 0.2) is 11.6 Å². The Morgan fingerprint density at radius 1 is 1.02 bits per heavy atom. The number of oxime groups is 1. The number of nitrogens with zero attached hydrogens (tertiary/aromatic N) is 3. The largest absolute Gasteiger partial charge is 0.497 e. The number of hydrogen-bond donors (Lipinski definition) is 1. The molecule has 0 aliphatic carbocycles. The number of amidine groups is 2. The molecule has 2 amide bonds. The van der Waals surface area contributed by atoms with E-state index in [2.05, 4.69) is 17.4 Å². The smallest absolute Gasteiger partial charge is 0.295 e. The maximum Gasteiger partial charge on any atom is 0.295 e. The molecule has 4 rings (SSSR count). The summed E-state index contributed by atoms with van der Waals surface area (Å²) in [7, 11) is 3.03. The van der Waals surface area contributed by atoms with E-state index in [0.29, 0.717) is 43.3 Å². The summed E-state index contributed by atoms with van der Waals surface area (Å²) >= 11 is 0. The SMILES string of the molecule is CCCC1=NCC(C)=C(Oc2ccc(OC)cc2)C(=O)N1Cc1ccc(-c2ccccc2/C(=N/OC)NC=O)cc1. The number of benzene rings is 3. The number of methoxy groups -OCH3 is 1. The number of nitrogens with one attached hydrogen (secondary N) is 1. The molecule has 0 aromatic heterocycles. The van der Waals surface area contributed by atoms with Gasteiger partial charge < -0.3 is 19.6 Å². The molecule has 9 nitrogen and oxygen atoms in total. The van der Waals surface area contributed by atoms with Gasteiger partial charge in [0, 0.05) is 12.0 Å². The van der Waals surface area contributed by atoms with Crippen LogP contribution in [0.25, 0.3) is 11.1 Å². The molecule has 0 atom stereocenters. The molecule has 0 saturated heterocycles. The molecular formula is C32H34N4O5. The topological polar surface area (TPSA) is 102 Å². The van der Waals surface area contributed by atoms with Crippen molar-refractivity contribution in [2.75, 3.05) is 20.8 Å². The summed E-state index contributed by atoms with van der Waals surface area (Å²) in [5, 5.41) is 6.55. The number of ether oxygens (including phenoxy) is 2. The van der Waals surface area contributed by atoms with E-state index in [-0.39, 0.29) is 11.7 Å². The zero-order valence-corrected chi connectivity index (χ0v) is 23.7. The Bertz CT molecular complexity index is 1460. The fourth-order valence-corrected chi connectivity index (χ4v) is 4.50. The number of carbonyl (C=O) groups excluding carboxylic acids is 2. The maximum atomic E-state index is 13.9. The van der Waals surface area contributed by atoms with Gasteiger partial charge in [-0.2, -0.15) is 0 Å². The van der Waals surface area contributed by atoms with E-state index in [0.717, 1.165) is 40.1 Å². The Morgan fingerprint density at radius 2 is 1.73 bits per heavy atom. The maximum absolute atomic E-state index is 13.9. The summed E-state index contributed by atoms with van der Waals surface area (Å²) in [5.41, 5.74) is 4.21. The molecule has 1 aliphatic rings. The minimum atomic E-state index is -0.224. The predicted molar refractivity (Wildman–Crippen MR) is 159 cm³/mol. The number of hydrogen-bond acceptors (Lipinski definition) is 7. The first kappa shape index (κ1) is 29.1. The lowest BCUT2D eigenvalue weighted by atomic mass is 9.98. The highest BCUT2D eigenvalue weighted by atomic mass is 16.6. The van der Waals surface area contributed by atoms with Crippen LogP contribution in [0.4, 0.5) is 0 Å². The first-order chi connectivity index (χ1) is 20.0. The van der Waals surface area contributed by atoms with Crippen LogP contribution in [0.1, 0.15) is 37.8 Å². The van der Waals surface area contributed by atoms with E-state index >= 15 is 0 Å². The van der Waals surface area contributed by atoms with Crippen LogP contribution >= 0.6 is 0 Å². The first-order valence-electron chi connectivity index (χ1n) is 13.4. The highest BCUT2D eigenvalue weighted by Crippen LogP contribution is 2.27. The van der Waals surface area contributed by atoms with E-state index in [9.17, 15) is 9.59 Å². The van der Waals surface area contributed by atoms with Crippen LogP contribution in [0.5, 0.6) is 11.5 Å². The summed E-state index contributed by atoms with van der Waals surface area (Å²) in [4.78, 5) is 36.4. The van der Waals surface area contributed by atoms with Crippen molar-refractivity contribution in [1.82, 2.24) is 10.2 Å². The molecule has 212 valence electrons. The lowest BCUT2D eigenvalue weighted by Gasteiger charge is -2.24. The average molecular weight is 555 g/mol. The standard InChI is InChI=1S/C32H34N4O5/c1-5-8-29-33-19-22(2)30(41-26-17-15-25(39-3)16-18-26)32(38)36(29)20-23-11-13-24(14-12-23)27-9-6-7-10-28(27)31(34-21-37)35-40-4/h6-7,9-18,21H,5,8,19-20H2,1-4H3,(H,34,35,37). The number of carbonyl (C=O) groups is 2. The third kappa shape index (κ3) is 7.00. The molecular weight excluding hydrogens is 520 g/mol. The van der Waals surface area contributed by atoms with Gasteiger partial charge in [0.25, 0.3) is 5.91 Å². The minimum absolute atomic E-state index is 0.224.